The molecule has 0 unspecified atom stereocenters. The van der Waals surface area contributed by atoms with Crippen LogP contribution in [0.1, 0.15) is 91.9 Å². The van der Waals surface area contributed by atoms with Crippen LogP contribution in [0.5, 0.6) is 0 Å². The van der Waals surface area contributed by atoms with E-state index in [1.807, 2.05) is 27.7 Å². The second-order valence-electron chi connectivity index (χ2n) is 10.9. The lowest BCUT2D eigenvalue weighted by Gasteiger charge is -2.25. The third-order valence-electron chi connectivity index (χ3n) is 6.99. The van der Waals surface area contributed by atoms with Crippen LogP contribution < -0.4 is 10.6 Å². The standard InChI is InChI=1S/C28H46N2O8/c1-19(2)23(37-27(33)29-21-11-7-5-8-12-21)17-35-25(31)15-16-26(32)36-18-24(20(3)4)38-28(34)30-22-13-9-6-10-14-22/h15-16,19-24H,5-14,17-18H2,1-4H3,(H,29,33)(H,30,34)/b16-15+/t23-,24-/m0/s1. The Morgan fingerprint density at radius 3 is 1.29 bits per heavy atom. The van der Waals surface area contributed by atoms with Crippen molar-refractivity contribution in [2.24, 2.45) is 11.8 Å². The Morgan fingerprint density at radius 2 is 0.974 bits per heavy atom. The van der Waals surface area contributed by atoms with Gasteiger partial charge < -0.3 is 29.6 Å². The summed E-state index contributed by atoms with van der Waals surface area (Å²) in [6.07, 6.45) is 10.1. The molecule has 0 aromatic heterocycles. The van der Waals surface area contributed by atoms with Gasteiger partial charge in [0.15, 0.2) is 0 Å². The van der Waals surface area contributed by atoms with Crippen molar-refractivity contribution < 1.29 is 38.1 Å². The largest absolute Gasteiger partial charge is 0.459 e. The van der Waals surface area contributed by atoms with Crippen LogP contribution in [-0.4, -0.2) is 61.6 Å². The molecule has 10 heteroatoms. The van der Waals surface area contributed by atoms with Gasteiger partial charge in [0, 0.05) is 24.2 Å². The first-order chi connectivity index (χ1) is 18.1. The Balaban J connectivity index is 1.71. The second kappa shape index (κ2) is 16.9. The van der Waals surface area contributed by atoms with E-state index in [1.54, 1.807) is 0 Å². The molecule has 2 aliphatic carbocycles. The Labute approximate surface area is 226 Å². The number of ether oxygens (including phenoxy) is 4. The van der Waals surface area contributed by atoms with Gasteiger partial charge in [-0.3, -0.25) is 0 Å². The number of hydrogen-bond donors (Lipinski definition) is 2. The Kier molecular flexibility index (Phi) is 14.0. The van der Waals surface area contributed by atoms with Gasteiger partial charge in [-0.15, -0.1) is 0 Å². The van der Waals surface area contributed by atoms with Crippen molar-refractivity contribution in [3.8, 4) is 0 Å². The molecule has 2 fully saturated rings. The predicted molar refractivity (Wildman–Crippen MR) is 141 cm³/mol. The summed E-state index contributed by atoms with van der Waals surface area (Å²) in [5, 5.41) is 5.77. The molecule has 10 nitrogen and oxygen atoms in total. The second-order valence-corrected chi connectivity index (χ2v) is 10.9. The number of nitrogens with one attached hydrogen (secondary N) is 2. The molecule has 0 spiro atoms. The van der Waals surface area contributed by atoms with E-state index < -0.39 is 36.3 Å². The van der Waals surface area contributed by atoms with Crippen LogP contribution in [0.25, 0.3) is 0 Å². The minimum Gasteiger partial charge on any atom is -0.459 e. The van der Waals surface area contributed by atoms with Crippen LogP contribution >= 0.6 is 0 Å². The summed E-state index contributed by atoms with van der Waals surface area (Å²) in [4.78, 5) is 48.7. The number of alkyl carbamates (subject to hydrolysis) is 2. The van der Waals surface area contributed by atoms with Gasteiger partial charge in [-0.25, -0.2) is 19.2 Å². The molecule has 2 saturated carbocycles. The van der Waals surface area contributed by atoms with Gasteiger partial charge in [0.25, 0.3) is 0 Å². The Morgan fingerprint density at radius 1 is 0.632 bits per heavy atom. The maximum atomic E-state index is 12.2. The highest BCUT2D eigenvalue weighted by Crippen LogP contribution is 2.19. The van der Waals surface area contributed by atoms with Gasteiger partial charge in [-0.05, 0) is 37.5 Å². The molecular formula is C28H46N2O8. The number of hydrogen-bond acceptors (Lipinski definition) is 8. The van der Waals surface area contributed by atoms with Crippen LogP contribution in [0.2, 0.25) is 0 Å². The fraction of sp³-hybridized carbons (Fsp3) is 0.786. The molecule has 0 saturated heterocycles. The first kappa shape index (κ1) is 31.4. The summed E-state index contributed by atoms with van der Waals surface area (Å²) in [5.41, 5.74) is 0. The third-order valence-corrected chi connectivity index (χ3v) is 6.99. The van der Waals surface area contributed by atoms with Gasteiger partial charge in [-0.2, -0.15) is 0 Å². The zero-order valence-corrected chi connectivity index (χ0v) is 23.4. The van der Waals surface area contributed by atoms with Crippen molar-refractivity contribution in [1.82, 2.24) is 10.6 Å². The predicted octanol–water partition coefficient (Wildman–Crippen LogP) is 4.80. The van der Waals surface area contributed by atoms with Crippen LogP contribution in [0.3, 0.4) is 0 Å². The first-order valence-electron chi connectivity index (χ1n) is 14.1. The van der Waals surface area contributed by atoms with Crippen molar-refractivity contribution in [2.45, 2.75) is 116 Å². The van der Waals surface area contributed by atoms with Crippen molar-refractivity contribution in [1.29, 1.82) is 0 Å². The fourth-order valence-electron chi connectivity index (χ4n) is 4.46. The average molecular weight is 539 g/mol. The zero-order chi connectivity index (χ0) is 27.9. The van der Waals surface area contributed by atoms with Crippen LogP contribution in [0.15, 0.2) is 12.2 Å². The highest BCUT2D eigenvalue weighted by Gasteiger charge is 2.24. The summed E-state index contributed by atoms with van der Waals surface area (Å²) in [5.74, 6) is -1.66. The van der Waals surface area contributed by atoms with E-state index in [-0.39, 0.29) is 37.1 Å². The molecule has 2 amide bonds. The van der Waals surface area contributed by atoms with Gasteiger partial charge >= 0.3 is 24.1 Å². The molecule has 2 aliphatic rings. The van der Waals surface area contributed by atoms with Gasteiger partial charge in [-0.1, -0.05) is 66.2 Å². The van der Waals surface area contributed by atoms with E-state index in [4.69, 9.17) is 18.9 Å². The molecule has 0 aromatic carbocycles. The molecular weight excluding hydrogens is 492 g/mol. The van der Waals surface area contributed by atoms with Crippen molar-refractivity contribution in [2.75, 3.05) is 13.2 Å². The summed E-state index contributed by atoms with van der Waals surface area (Å²) in [7, 11) is 0. The third kappa shape index (κ3) is 12.6. The molecule has 0 radical (unpaired) electrons. The maximum Gasteiger partial charge on any atom is 0.407 e. The molecule has 2 rings (SSSR count). The monoisotopic (exact) mass is 538 g/mol. The summed E-state index contributed by atoms with van der Waals surface area (Å²) >= 11 is 0. The van der Waals surface area contributed by atoms with E-state index in [0.29, 0.717) is 0 Å². The Hall–Kier alpha value is -2.78. The molecule has 2 N–H and O–H groups in total. The number of amides is 2. The quantitative estimate of drug-likeness (QED) is 0.206. The summed E-state index contributed by atoms with van der Waals surface area (Å²) in [6, 6.07) is 0.236. The highest BCUT2D eigenvalue weighted by atomic mass is 16.6. The minimum atomic E-state index is -0.757. The number of carbonyl (C=O) groups is 4. The number of rotatable bonds is 12. The SMILES string of the molecule is CC(C)[C@H](COC(=O)/C=C/C(=O)OC[C@H](OC(=O)NC1CCCCC1)C(C)C)OC(=O)NC1CCCCC1. The molecule has 2 atom stereocenters. The topological polar surface area (TPSA) is 129 Å². The van der Waals surface area contributed by atoms with E-state index in [2.05, 4.69) is 10.6 Å². The molecule has 0 heterocycles. The van der Waals surface area contributed by atoms with E-state index in [1.165, 1.54) is 12.8 Å². The van der Waals surface area contributed by atoms with Gasteiger partial charge in [0.1, 0.15) is 25.4 Å². The lowest BCUT2D eigenvalue weighted by atomic mass is 9.96. The maximum absolute atomic E-state index is 12.2. The molecule has 38 heavy (non-hydrogen) atoms. The minimum absolute atomic E-state index is 0.0721. The van der Waals surface area contributed by atoms with Crippen molar-refractivity contribution >= 4 is 24.1 Å². The molecule has 0 bridgehead atoms. The molecule has 0 aliphatic heterocycles. The van der Waals surface area contributed by atoms with E-state index >= 15 is 0 Å². The van der Waals surface area contributed by atoms with Crippen LogP contribution in [0, 0.1) is 11.8 Å². The zero-order valence-electron chi connectivity index (χ0n) is 23.4. The number of carbonyl (C=O) groups excluding carboxylic acids is 4. The van der Waals surface area contributed by atoms with Crippen molar-refractivity contribution in [3.63, 3.8) is 0 Å². The lowest BCUT2D eigenvalue weighted by molar-refractivity contribution is -0.144. The average Bonchev–Trinajstić information content (AvgIpc) is 2.88. The van der Waals surface area contributed by atoms with Crippen molar-refractivity contribution in [3.05, 3.63) is 12.2 Å². The highest BCUT2D eigenvalue weighted by molar-refractivity contribution is 5.91. The molecule has 216 valence electrons. The smallest absolute Gasteiger partial charge is 0.407 e. The first-order valence-corrected chi connectivity index (χ1v) is 14.1. The number of esters is 2. The summed E-state index contributed by atoms with van der Waals surface area (Å²) < 4.78 is 21.3. The Bertz CT molecular complexity index is 722. The molecule has 0 aromatic rings. The van der Waals surface area contributed by atoms with Crippen LogP contribution in [-0.2, 0) is 28.5 Å². The van der Waals surface area contributed by atoms with Gasteiger partial charge in [0.2, 0.25) is 0 Å². The summed E-state index contributed by atoms with van der Waals surface area (Å²) in [6.45, 7) is 7.19. The van der Waals surface area contributed by atoms with E-state index in [9.17, 15) is 19.2 Å². The fourth-order valence-corrected chi connectivity index (χ4v) is 4.46. The van der Waals surface area contributed by atoms with Crippen LogP contribution in [0.4, 0.5) is 9.59 Å². The lowest BCUT2D eigenvalue weighted by Crippen LogP contribution is -2.40. The van der Waals surface area contributed by atoms with Gasteiger partial charge in [0.05, 0.1) is 0 Å². The van der Waals surface area contributed by atoms with E-state index in [0.717, 1.165) is 63.5 Å². The normalized spacial score (nSPS) is 18.6.